The van der Waals surface area contributed by atoms with Crippen molar-refractivity contribution in [3.8, 4) is 11.8 Å². The highest BCUT2D eigenvalue weighted by atomic mass is 35.5. The minimum absolute atomic E-state index is 0.0126. The van der Waals surface area contributed by atoms with Crippen LogP contribution in [0.3, 0.4) is 0 Å². The monoisotopic (exact) mass is 313 g/mol. The minimum Gasteiger partial charge on any atom is -0.446 e. The van der Waals surface area contributed by atoms with E-state index in [0.29, 0.717) is 0 Å². The molecule has 21 heavy (non-hydrogen) atoms. The average Bonchev–Trinajstić information content (AvgIpc) is 3.19. The van der Waals surface area contributed by atoms with Gasteiger partial charge in [0.25, 0.3) is 5.60 Å². The number of benzene rings is 1. The second-order valence-electron chi connectivity index (χ2n) is 5.06. The van der Waals surface area contributed by atoms with Crippen molar-refractivity contribution < 1.29 is 17.9 Å². The fourth-order valence-electron chi connectivity index (χ4n) is 2.14. The zero-order valence-corrected chi connectivity index (χ0v) is 11.6. The summed E-state index contributed by atoms with van der Waals surface area (Å²) in [6.45, 7) is 3.45. The maximum Gasteiger partial charge on any atom is 0.445 e. The average molecular weight is 314 g/mol. The Hall–Kier alpha value is -1.80. The first-order valence-electron chi connectivity index (χ1n) is 6.36. The molecule has 3 rings (SSSR count). The lowest BCUT2D eigenvalue weighted by Crippen LogP contribution is -2.47. The van der Waals surface area contributed by atoms with Gasteiger partial charge in [-0.2, -0.15) is 13.2 Å². The van der Waals surface area contributed by atoms with Gasteiger partial charge in [0.05, 0.1) is 0 Å². The van der Waals surface area contributed by atoms with E-state index in [1.54, 1.807) is 0 Å². The summed E-state index contributed by atoms with van der Waals surface area (Å²) in [7, 11) is 0. The van der Waals surface area contributed by atoms with E-state index in [9.17, 15) is 13.2 Å². The van der Waals surface area contributed by atoms with E-state index < -0.39 is 11.8 Å². The van der Waals surface area contributed by atoms with Crippen molar-refractivity contribution in [3.63, 3.8) is 0 Å². The smallest absolute Gasteiger partial charge is 0.445 e. The Morgan fingerprint density at radius 3 is 2.71 bits per heavy atom. The predicted molar refractivity (Wildman–Crippen MR) is 73.5 cm³/mol. The van der Waals surface area contributed by atoms with E-state index in [1.165, 1.54) is 18.2 Å². The number of nitrogens with one attached hydrogen (secondary N) is 1. The molecule has 110 valence electrons. The van der Waals surface area contributed by atoms with Crippen LogP contribution in [0.25, 0.3) is 0 Å². The third-order valence-electron chi connectivity index (χ3n) is 3.34. The van der Waals surface area contributed by atoms with Gasteiger partial charge in [-0.05, 0) is 43.5 Å². The van der Waals surface area contributed by atoms with E-state index in [1.807, 2.05) is 0 Å². The lowest BCUT2D eigenvalue weighted by atomic mass is 9.90. The topological polar surface area (TPSA) is 21.3 Å². The van der Waals surface area contributed by atoms with Crippen molar-refractivity contribution in [2.75, 3.05) is 5.32 Å². The molecule has 0 spiro atoms. The Bertz CT molecular complexity index is 670. The molecular formula is C15H11ClF3NO. The standard InChI is InChI=1S/C15H11ClF3NO/c1-9-20-13-5-4-11(16)8-12(13)14(21-9,15(17,18)19)7-6-10-2-3-10/h4-5,8,10,20H,1-3H2/t14-/m0/s1. The molecule has 0 unspecified atom stereocenters. The van der Waals surface area contributed by atoms with Gasteiger partial charge in [0, 0.05) is 22.2 Å². The first-order chi connectivity index (χ1) is 9.82. The number of anilines is 1. The Balaban J connectivity index is 2.22. The highest BCUT2D eigenvalue weighted by Crippen LogP contribution is 2.49. The van der Waals surface area contributed by atoms with Gasteiger partial charge in [-0.1, -0.05) is 17.5 Å². The lowest BCUT2D eigenvalue weighted by Gasteiger charge is -2.38. The summed E-state index contributed by atoms with van der Waals surface area (Å²) < 4.78 is 46.2. The van der Waals surface area contributed by atoms with Crippen molar-refractivity contribution >= 4 is 17.3 Å². The quantitative estimate of drug-likeness (QED) is 0.716. The first-order valence-corrected chi connectivity index (χ1v) is 6.74. The molecule has 2 nitrogen and oxygen atoms in total. The van der Waals surface area contributed by atoms with Crippen LogP contribution < -0.4 is 5.32 Å². The molecule has 1 heterocycles. The second-order valence-corrected chi connectivity index (χ2v) is 5.50. The van der Waals surface area contributed by atoms with Crippen LogP contribution in [0.2, 0.25) is 5.02 Å². The number of hydrogen-bond donors (Lipinski definition) is 1. The molecule has 0 saturated heterocycles. The zero-order valence-electron chi connectivity index (χ0n) is 10.9. The summed E-state index contributed by atoms with van der Waals surface area (Å²) in [5, 5.41) is 2.86. The summed E-state index contributed by atoms with van der Waals surface area (Å²) in [5.74, 6) is 4.77. The largest absolute Gasteiger partial charge is 0.446 e. The van der Waals surface area contributed by atoms with Gasteiger partial charge in [-0.15, -0.1) is 0 Å². The van der Waals surface area contributed by atoms with E-state index in [2.05, 4.69) is 23.7 Å². The fourth-order valence-corrected chi connectivity index (χ4v) is 2.31. The van der Waals surface area contributed by atoms with Crippen molar-refractivity contribution in [1.82, 2.24) is 0 Å². The number of halogens is 4. The van der Waals surface area contributed by atoms with Crippen LogP contribution in [0.5, 0.6) is 0 Å². The van der Waals surface area contributed by atoms with Crippen LogP contribution >= 0.6 is 11.6 Å². The van der Waals surface area contributed by atoms with E-state index >= 15 is 0 Å². The molecule has 1 aliphatic heterocycles. The van der Waals surface area contributed by atoms with Gasteiger partial charge in [0.2, 0.25) is 0 Å². The Labute approximate surface area is 124 Å². The molecule has 1 aliphatic carbocycles. The van der Waals surface area contributed by atoms with Crippen LogP contribution in [0.4, 0.5) is 18.9 Å². The molecule has 0 amide bonds. The van der Waals surface area contributed by atoms with Gasteiger partial charge < -0.3 is 10.1 Å². The molecule has 1 saturated carbocycles. The molecule has 1 fully saturated rings. The Kier molecular flexibility index (Phi) is 3.10. The van der Waals surface area contributed by atoms with Crippen molar-refractivity contribution in [1.29, 1.82) is 0 Å². The highest BCUT2D eigenvalue weighted by Gasteiger charge is 2.61. The predicted octanol–water partition coefficient (Wildman–Crippen LogP) is 4.42. The zero-order chi connectivity index (χ0) is 15.3. The third kappa shape index (κ3) is 2.44. The van der Waals surface area contributed by atoms with Gasteiger partial charge in [0.1, 0.15) is 0 Å². The molecule has 1 aromatic rings. The first kappa shape index (κ1) is 14.2. The summed E-state index contributed by atoms with van der Waals surface area (Å²) in [5.41, 5.74) is -2.61. The third-order valence-corrected chi connectivity index (χ3v) is 3.58. The summed E-state index contributed by atoms with van der Waals surface area (Å²) in [6.07, 6.45) is -3.07. The molecule has 0 bridgehead atoms. The van der Waals surface area contributed by atoms with Gasteiger partial charge in [-0.3, -0.25) is 0 Å². The molecule has 0 aromatic heterocycles. The Morgan fingerprint density at radius 2 is 2.10 bits per heavy atom. The molecule has 0 radical (unpaired) electrons. The molecular weight excluding hydrogens is 303 g/mol. The summed E-state index contributed by atoms with van der Waals surface area (Å²) in [6, 6.07) is 4.19. The SMILES string of the molecule is C=C1Nc2ccc(Cl)cc2[C@@](C#CC2CC2)(C(F)(F)F)O1. The molecule has 1 atom stereocenters. The molecule has 1 N–H and O–H groups in total. The number of hydrogen-bond acceptors (Lipinski definition) is 2. The number of fused-ring (bicyclic) bond motifs is 1. The summed E-state index contributed by atoms with van der Waals surface area (Å²) >= 11 is 5.84. The number of alkyl halides is 3. The Morgan fingerprint density at radius 1 is 1.38 bits per heavy atom. The van der Waals surface area contributed by atoms with Crippen LogP contribution in [0.1, 0.15) is 18.4 Å². The van der Waals surface area contributed by atoms with Crippen molar-refractivity contribution in [2.45, 2.75) is 24.6 Å². The lowest BCUT2D eigenvalue weighted by molar-refractivity contribution is -0.248. The van der Waals surface area contributed by atoms with E-state index in [-0.39, 0.29) is 28.1 Å². The second kappa shape index (κ2) is 4.60. The highest BCUT2D eigenvalue weighted by molar-refractivity contribution is 6.30. The normalized spacial score (nSPS) is 24.3. The van der Waals surface area contributed by atoms with Crippen LogP contribution in [0, 0.1) is 17.8 Å². The van der Waals surface area contributed by atoms with Crippen LogP contribution in [-0.2, 0) is 10.3 Å². The minimum atomic E-state index is -4.71. The van der Waals surface area contributed by atoms with E-state index in [4.69, 9.17) is 16.3 Å². The van der Waals surface area contributed by atoms with Gasteiger partial charge in [-0.25, -0.2) is 0 Å². The molecule has 6 heteroatoms. The maximum absolute atomic E-state index is 13.7. The van der Waals surface area contributed by atoms with E-state index in [0.717, 1.165) is 12.8 Å². The summed E-state index contributed by atoms with van der Waals surface area (Å²) in [4.78, 5) is 0. The van der Waals surface area contributed by atoms with Crippen molar-refractivity contribution in [2.24, 2.45) is 5.92 Å². The van der Waals surface area contributed by atoms with Gasteiger partial charge in [0.15, 0.2) is 5.88 Å². The molecule has 1 aromatic carbocycles. The fraction of sp³-hybridized carbons (Fsp3) is 0.333. The van der Waals surface area contributed by atoms with Gasteiger partial charge >= 0.3 is 6.18 Å². The van der Waals surface area contributed by atoms with Crippen molar-refractivity contribution in [3.05, 3.63) is 41.2 Å². The van der Waals surface area contributed by atoms with Crippen LogP contribution in [-0.4, -0.2) is 6.18 Å². The number of ether oxygens (including phenoxy) is 1. The number of rotatable bonds is 0. The maximum atomic E-state index is 13.7. The van der Waals surface area contributed by atoms with Crippen LogP contribution in [0.15, 0.2) is 30.7 Å². The molecule has 2 aliphatic rings.